The van der Waals surface area contributed by atoms with Gasteiger partial charge in [-0.1, -0.05) is 0 Å². The second kappa shape index (κ2) is 5.66. The number of carbonyl (C=O) groups excluding carboxylic acids is 1. The number of aryl methyl sites for hydroxylation is 2. The summed E-state index contributed by atoms with van der Waals surface area (Å²) in [5.74, 6) is 5.06. The lowest BCUT2D eigenvalue weighted by Crippen LogP contribution is -2.15. The minimum atomic E-state index is -0.338. The summed E-state index contributed by atoms with van der Waals surface area (Å²) in [6.07, 6.45) is 0. The quantitative estimate of drug-likeness (QED) is 0.593. The van der Waals surface area contributed by atoms with Gasteiger partial charge in [0.2, 0.25) is 0 Å². The Labute approximate surface area is 116 Å². The first-order valence-electron chi connectivity index (χ1n) is 6.02. The largest absolute Gasteiger partial charge is 0.322 e. The molecule has 1 heterocycles. The van der Waals surface area contributed by atoms with Crippen LogP contribution in [0.25, 0.3) is 0 Å². The predicted octanol–water partition coefficient (Wildman–Crippen LogP) is 2.38. The molecule has 1 aromatic heterocycles. The number of amides is 1. The van der Waals surface area contributed by atoms with Crippen LogP contribution in [0.15, 0.2) is 30.3 Å². The third-order valence-electron chi connectivity index (χ3n) is 2.80. The molecule has 1 amide bonds. The summed E-state index contributed by atoms with van der Waals surface area (Å²) >= 11 is 0. The van der Waals surface area contributed by atoms with E-state index >= 15 is 0 Å². The number of anilines is 2. The Bertz CT molecular complexity index is 658. The van der Waals surface area contributed by atoms with Crippen molar-refractivity contribution in [2.45, 2.75) is 13.8 Å². The van der Waals surface area contributed by atoms with Gasteiger partial charge in [0.05, 0.1) is 0 Å². The molecule has 0 radical (unpaired) electrons. The Kier molecular flexibility index (Phi) is 3.95. The first-order valence-corrected chi connectivity index (χ1v) is 6.02. The van der Waals surface area contributed by atoms with Crippen molar-refractivity contribution < 1.29 is 9.18 Å². The lowest BCUT2D eigenvalue weighted by Gasteiger charge is -2.10. The van der Waals surface area contributed by atoms with E-state index in [1.165, 1.54) is 18.2 Å². The number of nitrogen functional groups attached to an aromatic ring is 1. The maximum Gasteiger partial charge on any atom is 0.255 e. The number of hydrogen-bond donors (Lipinski definition) is 3. The van der Waals surface area contributed by atoms with E-state index in [9.17, 15) is 9.18 Å². The van der Waals surface area contributed by atoms with Crippen molar-refractivity contribution in [3.05, 3.63) is 53.0 Å². The van der Waals surface area contributed by atoms with Crippen molar-refractivity contribution in [1.29, 1.82) is 0 Å². The van der Waals surface area contributed by atoms with E-state index in [0.29, 0.717) is 28.3 Å². The lowest BCUT2D eigenvalue weighted by molar-refractivity contribution is 0.102. The molecule has 0 fully saturated rings. The molecule has 1 aromatic carbocycles. The molecule has 2 rings (SSSR count). The van der Waals surface area contributed by atoms with E-state index in [1.54, 1.807) is 26.0 Å². The van der Waals surface area contributed by atoms with Crippen LogP contribution in [-0.4, -0.2) is 10.9 Å². The number of aromatic nitrogens is 1. The van der Waals surface area contributed by atoms with Crippen molar-refractivity contribution in [3.8, 4) is 0 Å². The van der Waals surface area contributed by atoms with Gasteiger partial charge < -0.3 is 10.7 Å². The topological polar surface area (TPSA) is 80.0 Å². The Morgan fingerprint density at radius 2 is 2.00 bits per heavy atom. The van der Waals surface area contributed by atoms with Crippen LogP contribution in [0.2, 0.25) is 0 Å². The highest BCUT2D eigenvalue weighted by Crippen LogP contribution is 2.17. The molecular formula is C14H15FN4O. The summed E-state index contributed by atoms with van der Waals surface area (Å²) in [7, 11) is 0. The van der Waals surface area contributed by atoms with Crippen LogP contribution in [0.1, 0.15) is 21.6 Å². The fourth-order valence-corrected chi connectivity index (χ4v) is 1.84. The van der Waals surface area contributed by atoms with Gasteiger partial charge in [0.15, 0.2) is 0 Å². The molecule has 0 saturated carbocycles. The number of nitrogens with two attached hydrogens (primary N) is 1. The van der Waals surface area contributed by atoms with Gasteiger partial charge in [-0.2, -0.15) is 0 Å². The highest BCUT2D eigenvalue weighted by Gasteiger charge is 2.10. The monoisotopic (exact) mass is 274 g/mol. The molecule has 0 aliphatic heterocycles. The number of nitrogens with one attached hydrogen (secondary N) is 2. The Balaban J connectivity index is 2.26. The number of rotatable bonds is 3. The molecule has 0 aliphatic rings. The van der Waals surface area contributed by atoms with Crippen LogP contribution in [0.4, 0.5) is 15.9 Å². The standard InChI is InChI=1S/C14H15FN4O/c1-8-5-11(15)3-4-12(8)18-14(20)10-6-9(2)17-13(7-10)19-16/h3-7H,16H2,1-2H3,(H,17,19)(H,18,20). The zero-order valence-corrected chi connectivity index (χ0v) is 11.2. The summed E-state index contributed by atoms with van der Waals surface area (Å²) in [6.45, 7) is 3.49. The van der Waals surface area contributed by atoms with E-state index < -0.39 is 0 Å². The molecule has 20 heavy (non-hydrogen) atoms. The maximum absolute atomic E-state index is 13.0. The van der Waals surface area contributed by atoms with Crippen LogP contribution in [-0.2, 0) is 0 Å². The van der Waals surface area contributed by atoms with E-state index in [2.05, 4.69) is 15.7 Å². The third kappa shape index (κ3) is 3.10. The van der Waals surface area contributed by atoms with E-state index in [4.69, 9.17) is 5.84 Å². The van der Waals surface area contributed by atoms with Crippen molar-refractivity contribution >= 4 is 17.4 Å². The van der Waals surface area contributed by atoms with Crippen molar-refractivity contribution in [3.63, 3.8) is 0 Å². The SMILES string of the molecule is Cc1cc(C(=O)Nc2ccc(F)cc2C)cc(NN)n1. The third-order valence-corrected chi connectivity index (χ3v) is 2.80. The predicted molar refractivity (Wildman–Crippen MR) is 75.9 cm³/mol. The van der Waals surface area contributed by atoms with Gasteiger partial charge in [0, 0.05) is 16.9 Å². The Morgan fingerprint density at radius 3 is 2.65 bits per heavy atom. The number of halogens is 1. The minimum absolute atomic E-state index is 0.304. The zero-order valence-electron chi connectivity index (χ0n) is 11.2. The summed E-state index contributed by atoms with van der Waals surface area (Å²) in [5, 5.41) is 2.73. The normalized spacial score (nSPS) is 10.2. The van der Waals surface area contributed by atoms with Gasteiger partial charge in [-0.05, 0) is 49.7 Å². The fourth-order valence-electron chi connectivity index (χ4n) is 1.84. The number of nitrogens with zero attached hydrogens (tertiary/aromatic N) is 1. The van der Waals surface area contributed by atoms with Gasteiger partial charge in [0.25, 0.3) is 5.91 Å². The van der Waals surface area contributed by atoms with Crippen LogP contribution in [0.3, 0.4) is 0 Å². The van der Waals surface area contributed by atoms with Gasteiger partial charge in [-0.25, -0.2) is 15.2 Å². The first kappa shape index (κ1) is 14.0. The molecule has 104 valence electrons. The summed E-state index contributed by atoms with van der Waals surface area (Å²) in [5.41, 5.74) is 4.72. The molecule has 4 N–H and O–H groups in total. The van der Waals surface area contributed by atoms with Crippen LogP contribution >= 0.6 is 0 Å². The van der Waals surface area contributed by atoms with Gasteiger partial charge >= 0.3 is 0 Å². The summed E-state index contributed by atoms with van der Waals surface area (Å²) in [4.78, 5) is 16.3. The number of benzene rings is 1. The number of hydrazine groups is 1. The average molecular weight is 274 g/mol. The van der Waals surface area contributed by atoms with Crippen LogP contribution < -0.4 is 16.6 Å². The molecule has 5 nitrogen and oxygen atoms in total. The average Bonchev–Trinajstić information content (AvgIpc) is 2.41. The van der Waals surface area contributed by atoms with Gasteiger partial charge in [-0.3, -0.25) is 4.79 Å². The van der Waals surface area contributed by atoms with Crippen molar-refractivity contribution in [2.24, 2.45) is 5.84 Å². The first-order chi connectivity index (χ1) is 9.49. The molecule has 0 aliphatic carbocycles. The van der Waals surface area contributed by atoms with E-state index in [0.717, 1.165) is 0 Å². The molecular weight excluding hydrogens is 259 g/mol. The molecule has 0 atom stereocenters. The van der Waals surface area contributed by atoms with Gasteiger partial charge in [0.1, 0.15) is 11.6 Å². The lowest BCUT2D eigenvalue weighted by atomic mass is 10.1. The van der Waals surface area contributed by atoms with E-state index in [1.807, 2.05) is 0 Å². The van der Waals surface area contributed by atoms with Crippen LogP contribution in [0, 0.1) is 19.7 Å². The minimum Gasteiger partial charge on any atom is -0.322 e. The second-order valence-corrected chi connectivity index (χ2v) is 4.44. The second-order valence-electron chi connectivity index (χ2n) is 4.44. The highest BCUT2D eigenvalue weighted by atomic mass is 19.1. The van der Waals surface area contributed by atoms with Crippen LogP contribution in [0.5, 0.6) is 0 Å². The number of hydrogen-bond acceptors (Lipinski definition) is 4. The summed E-state index contributed by atoms with van der Waals surface area (Å²) in [6, 6.07) is 7.38. The molecule has 0 saturated heterocycles. The summed E-state index contributed by atoms with van der Waals surface area (Å²) < 4.78 is 13.0. The zero-order chi connectivity index (χ0) is 14.7. The molecule has 6 heteroatoms. The fraction of sp³-hybridized carbons (Fsp3) is 0.143. The smallest absolute Gasteiger partial charge is 0.255 e. The highest BCUT2D eigenvalue weighted by molar-refractivity contribution is 6.05. The van der Waals surface area contributed by atoms with Crippen molar-refractivity contribution in [2.75, 3.05) is 10.7 Å². The number of carbonyl (C=O) groups is 1. The van der Waals surface area contributed by atoms with E-state index in [-0.39, 0.29) is 11.7 Å². The molecule has 0 bridgehead atoms. The van der Waals surface area contributed by atoms with Gasteiger partial charge in [-0.15, -0.1) is 0 Å². The molecule has 2 aromatic rings. The Hall–Kier alpha value is -2.47. The molecule has 0 spiro atoms. The van der Waals surface area contributed by atoms with Crippen molar-refractivity contribution in [1.82, 2.24) is 4.98 Å². The number of pyridine rings is 1. The Morgan fingerprint density at radius 1 is 1.25 bits per heavy atom. The maximum atomic E-state index is 13.0. The molecule has 0 unspecified atom stereocenters.